The Morgan fingerprint density at radius 3 is 2.61 bits per heavy atom. The number of likely N-dealkylation sites (N-methyl/N-ethyl adjacent to an activating group) is 1. The summed E-state index contributed by atoms with van der Waals surface area (Å²) in [4.78, 5) is 26.2. The number of phenolic OH excluding ortho intramolecular Hbond substituents is 1. The van der Waals surface area contributed by atoms with E-state index in [9.17, 15) is 24.9 Å². The third-order valence-corrected chi connectivity index (χ3v) is 6.33. The van der Waals surface area contributed by atoms with Gasteiger partial charge in [-0.25, -0.2) is 0 Å². The molecule has 1 saturated heterocycles. The summed E-state index contributed by atoms with van der Waals surface area (Å²) in [7, 11) is 1.43. The van der Waals surface area contributed by atoms with Gasteiger partial charge >= 0.3 is 5.97 Å². The summed E-state index contributed by atoms with van der Waals surface area (Å²) in [5, 5.41) is 34.0. The van der Waals surface area contributed by atoms with E-state index < -0.39 is 59.5 Å². The Balaban J connectivity index is 1.75. The summed E-state index contributed by atoms with van der Waals surface area (Å²) in [6.07, 6.45) is -4.90. The van der Waals surface area contributed by atoms with Gasteiger partial charge in [-0.05, 0) is 19.9 Å². The van der Waals surface area contributed by atoms with E-state index in [1.165, 1.54) is 24.9 Å². The van der Waals surface area contributed by atoms with Crippen LogP contribution < -0.4 is 9.47 Å². The van der Waals surface area contributed by atoms with Gasteiger partial charge in [0.25, 0.3) is 5.91 Å². The number of aliphatic hydroxyl groups excluding tert-OH is 1. The molecule has 11 heteroatoms. The summed E-state index contributed by atoms with van der Waals surface area (Å²) in [5.74, 6) is -2.83. The van der Waals surface area contributed by atoms with Crippen LogP contribution in [0, 0.1) is 0 Å². The number of rotatable bonds is 1. The maximum atomic E-state index is 13.2. The molecule has 0 unspecified atom stereocenters. The standard InChI is InChI=1S/C20H23NO10/c1-7(22)29-15-13-14(31-19(2,3)30-13)16-20(26,17(15)24)8-5-9-12(28-6-27-9)11(23)10(8)18(25)21(16)4/h5,13-17,23-24,26H,6H2,1-4H3/t13-,14+,15+,16-,17+,20-/m0/s1. The van der Waals surface area contributed by atoms with Crippen LogP contribution in [0.3, 0.4) is 0 Å². The monoisotopic (exact) mass is 437 g/mol. The Bertz CT molecular complexity index is 993. The van der Waals surface area contributed by atoms with E-state index in [1.807, 2.05) is 0 Å². The molecule has 0 spiro atoms. The molecule has 31 heavy (non-hydrogen) atoms. The van der Waals surface area contributed by atoms with Crippen molar-refractivity contribution in [3.63, 3.8) is 0 Å². The molecular formula is C20H23NO10. The fraction of sp³-hybridized carbons (Fsp3) is 0.600. The lowest BCUT2D eigenvalue weighted by atomic mass is 9.65. The normalized spacial score (nSPS) is 37.2. The lowest BCUT2D eigenvalue weighted by molar-refractivity contribution is -0.238. The van der Waals surface area contributed by atoms with Gasteiger partial charge in [-0.15, -0.1) is 0 Å². The molecule has 1 saturated carbocycles. The lowest BCUT2D eigenvalue weighted by Gasteiger charge is -2.55. The van der Waals surface area contributed by atoms with Crippen LogP contribution in [0.15, 0.2) is 6.07 Å². The Hall–Kier alpha value is -2.60. The molecule has 1 amide bonds. The summed E-state index contributed by atoms with van der Waals surface area (Å²) >= 11 is 0. The van der Waals surface area contributed by atoms with Gasteiger partial charge in [0, 0.05) is 19.5 Å². The zero-order valence-corrected chi connectivity index (χ0v) is 17.3. The average Bonchev–Trinajstić information content (AvgIpc) is 3.27. The average molecular weight is 437 g/mol. The maximum Gasteiger partial charge on any atom is 0.303 e. The van der Waals surface area contributed by atoms with E-state index in [1.54, 1.807) is 13.8 Å². The molecule has 5 rings (SSSR count). The highest BCUT2D eigenvalue weighted by Gasteiger charge is 2.69. The van der Waals surface area contributed by atoms with Crippen molar-refractivity contribution in [3.05, 3.63) is 17.2 Å². The molecule has 0 radical (unpaired) electrons. The molecule has 1 aromatic rings. The highest BCUT2D eigenvalue weighted by atomic mass is 16.8. The molecule has 168 valence electrons. The van der Waals surface area contributed by atoms with Crippen LogP contribution in [-0.4, -0.2) is 82.2 Å². The minimum absolute atomic E-state index is 0.0242. The number of nitrogens with zero attached hydrogens (tertiary/aromatic N) is 1. The number of hydrogen-bond acceptors (Lipinski definition) is 10. The number of phenols is 1. The second kappa shape index (κ2) is 6.22. The van der Waals surface area contributed by atoms with E-state index in [4.69, 9.17) is 23.7 Å². The number of carbonyl (C=O) groups excluding carboxylic acids is 2. The SMILES string of the molecule is CC(=O)O[C@@H]1[C@H]2OC(C)(C)O[C@H]2[C@@H]2N(C)C(=O)c3c(cc4c(c3O)OCO4)[C@@]2(O)[C@@H]1O. The van der Waals surface area contributed by atoms with Gasteiger partial charge in [0.05, 0.1) is 11.6 Å². The number of hydrogen-bond donors (Lipinski definition) is 3. The third-order valence-electron chi connectivity index (χ3n) is 6.33. The first kappa shape index (κ1) is 20.3. The molecule has 4 aliphatic rings. The first-order valence-electron chi connectivity index (χ1n) is 9.84. The molecular weight excluding hydrogens is 414 g/mol. The van der Waals surface area contributed by atoms with Gasteiger partial charge < -0.3 is 43.9 Å². The van der Waals surface area contributed by atoms with Crippen molar-refractivity contribution in [3.8, 4) is 17.2 Å². The second-order valence-corrected chi connectivity index (χ2v) is 8.65. The van der Waals surface area contributed by atoms with Gasteiger partial charge in [-0.2, -0.15) is 0 Å². The van der Waals surface area contributed by atoms with E-state index in [0.29, 0.717) is 0 Å². The highest BCUT2D eigenvalue weighted by molar-refractivity contribution is 6.02. The topological polar surface area (TPSA) is 144 Å². The van der Waals surface area contributed by atoms with Crippen LogP contribution in [0.2, 0.25) is 0 Å². The van der Waals surface area contributed by atoms with Crippen molar-refractivity contribution in [2.75, 3.05) is 13.8 Å². The highest BCUT2D eigenvalue weighted by Crippen LogP contribution is 2.55. The number of ether oxygens (including phenoxy) is 5. The number of fused-ring (bicyclic) bond motifs is 6. The number of carbonyl (C=O) groups is 2. The van der Waals surface area contributed by atoms with Gasteiger partial charge in [-0.1, -0.05) is 0 Å². The largest absolute Gasteiger partial charge is 0.504 e. The summed E-state index contributed by atoms with van der Waals surface area (Å²) in [6, 6.07) is 0.241. The summed E-state index contributed by atoms with van der Waals surface area (Å²) < 4.78 is 27.8. The number of benzene rings is 1. The first-order valence-corrected chi connectivity index (χ1v) is 9.84. The predicted octanol–water partition coefficient (Wildman–Crippen LogP) is -0.411. The molecule has 6 atom stereocenters. The summed E-state index contributed by atoms with van der Waals surface area (Å²) in [6.45, 7) is 4.29. The Kier molecular flexibility index (Phi) is 4.08. The Morgan fingerprint density at radius 1 is 1.26 bits per heavy atom. The zero-order valence-electron chi connectivity index (χ0n) is 17.3. The fourth-order valence-electron chi connectivity index (χ4n) is 5.19. The van der Waals surface area contributed by atoms with Gasteiger partial charge in [-0.3, -0.25) is 9.59 Å². The predicted molar refractivity (Wildman–Crippen MR) is 99.4 cm³/mol. The molecule has 3 aliphatic heterocycles. The molecule has 11 nitrogen and oxygen atoms in total. The van der Waals surface area contributed by atoms with Crippen molar-refractivity contribution in [2.45, 2.75) is 62.6 Å². The molecule has 0 aromatic heterocycles. The van der Waals surface area contributed by atoms with Crippen LogP contribution >= 0.6 is 0 Å². The number of amides is 1. The molecule has 1 aliphatic carbocycles. The van der Waals surface area contributed by atoms with Crippen LogP contribution in [-0.2, 0) is 24.6 Å². The van der Waals surface area contributed by atoms with Gasteiger partial charge in [0.2, 0.25) is 12.5 Å². The van der Waals surface area contributed by atoms with Crippen molar-refractivity contribution < 1.29 is 48.6 Å². The lowest BCUT2D eigenvalue weighted by Crippen LogP contribution is -2.74. The van der Waals surface area contributed by atoms with Crippen molar-refractivity contribution in [1.29, 1.82) is 0 Å². The second-order valence-electron chi connectivity index (χ2n) is 8.65. The number of esters is 1. The third kappa shape index (κ3) is 2.54. The summed E-state index contributed by atoms with van der Waals surface area (Å²) in [5.41, 5.74) is -2.48. The van der Waals surface area contributed by atoms with Gasteiger partial charge in [0.1, 0.15) is 23.9 Å². The first-order chi connectivity index (χ1) is 14.5. The van der Waals surface area contributed by atoms with Crippen molar-refractivity contribution >= 4 is 11.9 Å². The van der Waals surface area contributed by atoms with E-state index in [0.717, 1.165) is 0 Å². The molecule has 3 N–H and O–H groups in total. The quantitative estimate of drug-likeness (QED) is 0.496. The Morgan fingerprint density at radius 2 is 1.94 bits per heavy atom. The Labute approximate surface area is 177 Å². The van der Waals surface area contributed by atoms with Crippen molar-refractivity contribution in [2.24, 2.45) is 0 Å². The number of aromatic hydroxyl groups is 1. The molecule has 0 bridgehead atoms. The van der Waals surface area contributed by atoms with Crippen LogP contribution in [0.1, 0.15) is 36.7 Å². The van der Waals surface area contributed by atoms with E-state index in [2.05, 4.69) is 0 Å². The van der Waals surface area contributed by atoms with Gasteiger partial charge in [0.15, 0.2) is 23.4 Å². The molecule has 3 heterocycles. The minimum Gasteiger partial charge on any atom is -0.504 e. The van der Waals surface area contributed by atoms with Crippen LogP contribution in [0.5, 0.6) is 17.2 Å². The minimum atomic E-state index is -2.18. The zero-order chi connectivity index (χ0) is 22.5. The maximum absolute atomic E-state index is 13.2. The van der Waals surface area contributed by atoms with Crippen LogP contribution in [0.4, 0.5) is 0 Å². The fourth-order valence-corrected chi connectivity index (χ4v) is 5.19. The van der Waals surface area contributed by atoms with Crippen molar-refractivity contribution in [1.82, 2.24) is 4.90 Å². The molecule has 1 aromatic carbocycles. The number of aliphatic hydroxyl groups is 2. The van der Waals surface area contributed by atoms with E-state index >= 15 is 0 Å². The molecule has 2 fully saturated rings. The smallest absolute Gasteiger partial charge is 0.303 e. The van der Waals surface area contributed by atoms with Crippen LogP contribution in [0.25, 0.3) is 0 Å². The van der Waals surface area contributed by atoms with E-state index in [-0.39, 0.29) is 29.4 Å².